The highest BCUT2D eigenvalue weighted by Gasteiger charge is 2.22. The van der Waals surface area contributed by atoms with Crippen LogP contribution in [0, 0.1) is 6.92 Å². The summed E-state index contributed by atoms with van der Waals surface area (Å²) in [6.07, 6.45) is 4.15. The summed E-state index contributed by atoms with van der Waals surface area (Å²) in [6, 6.07) is 6.20. The van der Waals surface area contributed by atoms with Gasteiger partial charge in [-0.2, -0.15) is 5.10 Å². The van der Waals surface area contributed by atoms with Crippen LogP contribution in [0.15, 0.2) is 28.9 Å². The summed E-state index contributed by atoms with van der Waals surface area (Å²) < 4.78 is 8.41. The van der Waals surface area contributed by atoms with Crippen molar-refractivity contribution in [1.82, 2.24) is 25.4 Å². The van der Waals surface area contributed by atoms with Crippen LogP contribution in [0.25, 0.3) is 11.0 Å². The average molecular weight is 572 g/mol. The molecule has 1 aliphatic heterocycles. The van der Waals surface area contributed by atoms with Crippen molar-refractivity contribution in [3.8, 4) is 0 Å². The molecular formula is C27H35BrN6O3. The minimum Gasteiger partial charge on any atom is -0.381 e. The maximum atomic E-state index is 12.7. The van der Waals surface area contributed by atoms with Crippen LogP contribution >= 0.6 is 15.9 Å². The van der Waals surface area contributed by atoms with Gasteiger partial charge in [0.15, 0.2) is 5.65 Å². The highest BCUT2D eigenvalue weighted by molar-refractivity contribution is 9.10. The number of aromatic nitrogens is 3. The second-order valence-corrected chi connectivity index (χ2v) is 10.2. The van der Waals surface area contributed by atoms with Crippen molar-refractivity contribution in [2.24, 2.45) is 0 Å². The molecule has 198 valence electrons. The van der Waals surface area contributed by atoms with Gasteiger partial charge >= 0.3 is 0 Å². The van der Waals surface area contributed by atoms with E-state index in [9.17, 15) is 9.59 Å². The van der Waals surface area contributed by atoms with Gasteiger partial charge in [-0.3, -0.25) is 9.59 Å². The lowest BCUT2D eigenvalue weighted by Crippen LogP contribution is -2.32. The van der Waals surface area contributed by atoms with Gasteiger partial charge in [-0.25, -0.2) is 9.67 Å². The van der Waals surface area contributed by atoms with Gasteiger partial charge in [0, 0.05) is 54.6 Å². The molecule has 4 rings (SSSR count). The third-order valence-corrected chi connectivity index (χ3v) is 7.54. The monoisotopic (exact) mass is 570 g/mol. The summed E-state index contributed by atoms with van der Waals surface area (Å²) in [6.45, 7) is 8.93. The van der Waals surface area contributed by atoms with Gasteiger partial charge in [-0.1, -0.05) is 35.0 Å². The standard InChI is InChI=1S/C27H35BrN6O3/c1-4-23-20(15-30-25(36)13-24(35)29-14-18-7-6-17(3)22(28)12-18)26(32-19-8-10-37-11-9-19)21-16-31-34(5-2)27(21)33-23/h6-7,12,16,19H,4-5,8-11,13-15H2,1-3H3,(H,29,35)(H,30,36)(H,32,33). The van der Waals surface area contributed by atoms with E-state index in [1.54, 1.807) is 0 Å². The SMILES string of the molecule is CCc1nc2c(cnn2CC)c(NC2CCOCC2)c1CNC(=O)CC(=O)NCc1ccc(C)c(Br)c1. The van der Waals surface area contributed by atoms with Crippen LogP contribution in [0.3, 0.4) is 0 Å². The zero-order valence-electron chi connectivity index (χ0n) is 21.7. The Labute approximate surface area is 225 Å². The number of ether oxygens (including phenoxy) is 1. The number of aryl methyl sites for hydroxylation is 3. The minimum absolute atomic E-state index is 0.235. The van der Waals surface area contributed by atoms with Crippen LogP contribution in [0.4, 0.5) is 5.69 Å². The van der Waals surface area contributed by atoms with Crippen molar-refractivity contribution in [3.05, 3.63) is 51.3 Å². The second kappa shape index (κ2) is 12.5. The molecule has 9 nitrogen and oxygen atoms in total. The number of anilines is 1. The Kier molecular flexibility index (Phi) is 9.15. The number of carbonyl (C=O) groups excluding carboxylic acids is 2. The first-order valence-electron chi connectivity index (χ1n) is 12.9. The fourth-order valence-electron chi connectivity index (χ4n) is 4.51. The molecule has 37 heavy (non-hydrogen) atoms. The number of pyridine rings is 1. The highest BCUT2D eigenvalue weighted by atomic mass is 79.9. The predicted octanol–water partition coefficient (Wildman–Crippen LogP) is 4.00. The molecule has 2 aromatic heterocycles. The van der Waals surface area contributed by atoms with Crippen molar-refractivity contribution >= 4 is 44.5 Å². The summed E-state index contributed by atoms with van der Waals surface area (Å²) >= 11 is 3.51. The van der Waals surface area contributed by atoms with Crippen molar-refractivity contribution in [2.45, 2.75) is 72.1 Å². The van der Waals surface area contributed by atoms with Gasteiger partial charge in [0.1, 0.15) is 6.42 Å². The fourth-order valence-corrected chi connectivity index (χ4v) is 4.93. The van der Waals surface area contributed by atoms with Crippen molar-refractivity contribution < 1.29 is 14.3 Å². The molecule has 1 aliphatic rings. The van der Waals surface area contributed by atoms with Crippen LogP contribution < -0.4 is 16.0 Å². The quantitative estimate of drug-likeness (QED) is 0.318. The van der Waals surface area contributed by atoms with Crippen LogP contribution in [0.1, 0.15) is 55.5 Å². The summed E-state index contributed by atoms with van der Waals surface area (Å²) in [5.74, 6) is -0.644. The molecule has 0 radical (unpaired) electrons. The van der Waals surface area contributed by atoms with E-state index in [0.717, 1.165) is 76.2 Å². The van der Waals surface area contributed by atoms with Crippen molar-refractivity contribution in [1.29, 1.82) is 0 Å². The molecule has 1 saturated heterocycles. The number of rotatable bonds is 10. The highest BCUT2D eigenvalue weighted by Crippen LogP contribution is 2.31. The number of hydrogen-bond acceptors (Lipinski definition) is 6. The molecule has 0 bridgehead atoms. The summed E-state index contributed by atoms with van der Waals surface area (Å²) in [5, 5.41) is 14.9. The van der Waals surface area contributed by atoms with Crippen molar-refractivity contribution in [2.75, 3.05) is 18.5 Å². The van der Waals surface area contributed by atoms with E-state index in [1.165, 1.54) is 0 Å². The van der Waals surface area contributed by atoms with Gasteiger partial charge in [0.25, 0.3) is 0 Å². The van der Waals surface area contributed by atoms with E-state index in [1.807, 2.05) is 42.9 Å². The Hall–Kier alpha value is -2.98. The van der Waals surface area contributed by atoms with E-state index in [2.05, 4.69) is 43.9 Å². The lowest BCUT2D eigenvalue weighted by atomic mass is 10.0. The normalized spacial score (nSPS) is 14.1. The molecule has 0 atom stereocenters. The van der Waals surface area contributed by atoms with Crippen LogP contribution in [-0.4, -0.2) is 45.8 Å². The molecule has 0 unspecified atom stereocenters. The largest absolute Gasteiger partial charge is 0.381 e. The van der Waals surface area contributed by atoms with Gasteiger partial charge in [0.05, 0.1) is 17.3 Å². The predicted molar refractivity (Wildman–Crippen MR) is 147 cm³/mol. The first-order chi connectivity index (χ1) is 17.9. The fraction of sp³-hybridized carbons (Fsp3) is 0.481. The molecule has 0 saturated carbocycles. The summed E-state index contributed by atoms with van der Waals surface area (Å²) in [5.41, 5.74) is 5.74. The topological polar surface area (TPSA) is 110 Å². The molecule has 2 amide bonds. The molecule has 10 heteroatoms. The molecule has 3 aromatic rings. The Balaban J connectivity index is 1.45. The third-order valence-electron chi connectivity index (χ3n) is 6.69. The van der Waals surface area contributed by atoms with Gasteiger partial charge in [-0.05, 0) is 50.3 Å². The van der Waals surface area contributed by atoms with E-state index in [4.69, 9.17) is 9.72 Å². The number of fused-ring (bicyclic) bond motifs is 1. The summed E-state index contributed by atoms with van der Waals surface area (Å²) in [4.78, 5) is 30.0. The first-order valence-corrected chi connectivity index (χ1v) is 13.7. The van der Waals surface area contributed by atoms with E-state index in [-0.39, 0.29) is 30.8 Å². The van der Waals surface area contributed by atoms with Crippen molar-refractivity contribution in [3.63, 3.8) is 0 Å². The number of hydrogen-bond donors (Lipinski definition) is 3. The Morgan fingerprint density at radius 1 is 1.14 bits per heavy atom. The number of nitrogens with one attached hydrogen (secondary N) is 3. The number of halogens is 1. The van der Waals surface area contributed by atoms with Crippen LogP contribution in [0.2, 0.25) is 0 Å². The number of carbonyl (C=O) groups is 2. The lowest BCUT2D eigenvalue weighted by molar-refractivity contribution is -0.129. The number of nitrogens with zero attached hydrogens (tertiary/aromatic N) is 3. The Bertz CT molecular complexity index is 1270. The third kappa shape index (κ3) is 6.67. The summed E-state index contributed by atoms with van der Waals surface area (Å²) in [7, 11) is 0. The zero-order chi connectivity index (χ0) is 26.4. The van der Waals surface area contributed by atoms with Crippen LogP contribution in [0.5, 0.6) is 0 Å². The molecule has 1 aromatic carbocycles. The maximum absolute atomic E-state index is 12.7. The Morgan fingerprint density at radius 3 is 2.54 bits per heavy atom. The zero-order valence-corrected chi connectivity index (χ0v) is 23.3. The number of benzene rings is 1. The lowest BCUT2D eigenvalue weighted by Gasteiger charge is -2.26. The van der Waals surface area contributed by atoms with Gasteiger partial charge in [-0.15, -0.1) is 0 Å². The molecule has 3 heterocycles. The minimum atomic E-state index is -0.328. The molecule has 3 N–H and O–H groups in total. The molecule has 0 spiro atoms. The van der Waals surface area contributed by atoms with Crippen LogP contribution in [-0.2, 0) is 40.4 Å². The average Bonchev–Trinajstić information content (AvgIpc) is 3.32. The second-order valence-electron chi connectivity index (χ2n) is 9.31. The Morgan fingerprint density at radius 2 is 1.86 bits per heavy atom. The molecular weight excluding hydrogens is 536 g/mol. The first kappa shape index (κ1) is 27.1. The number of amides is 2. The smallest absolute Gasteiger partial charge is 0.229 e. The molecule has 0 aliphatic carbocycles. The van der Waals surface area contributed by atoms with Gasteiger partial charge < -0.3 is 20.7 Å². The van der Waals surface area contributed by atoms with Gasteiger partial charge in [0.2, 0.25) is 11.8 Å². The van der Waals surface area contributed by atoms with E-state index in [0.29, 0.717) is 13.0 Å². The molecule has 1 fully saturated rings. The van der Waals surface area contributed by atoms with E-state index < -0.39 is 0 Å². The van der Waals surface area contributed by atoms with E-state index >= 15 is 0 Å². The maximum Gasteiger partial charge on any atom is 0.229 e.